The van der Waals surface area contributed by atoms with Gasteiger partial charge in [-0.2, -0.15) is 0 Å². The molecular weight excluding hydrogens is 255 g/mol. The molecule has 0 saturated carbocycles. The van der Waals surface area contributed by atoms with Crippen LogP contribution in [-0.2, 0) is 14.3 Å². The second-order valence-electron chi connectivity index (χ2n) is 4.74. The number of methoxy groups -OCH3 is 1. The molecular formula is C12H17FN2O4. The molecule has 0 aromatic carbocycles. The van der Waals surface area contributed by atoms with Gasteiger partial charge in [0.1, 0.15) is 18.0 Å². The highest BCUT2D eigenvalue weighted by atomic mass is 19.1. The van der Waals surface area contributed by atoms with Gasteiger partial charge in [-0.25, -0.2) is 4.39 Å². The zero-order valence-corrected chi connectivity index (χ0v) is 10.8. The summed E-state index contributed by atoms with van der Waals surface area (Å²) in [5, 5.41) is 12.4. The summed E-state index contributed by atoms with van der Waals surface area (Å²) in [5.41, 5.74) is -2.02. The van der Waals surface area contributed by atoms with Crippen LogP contribution in [0.2, 0.25) is 0 Å². The Balaban J connectivity index is 2.22. The number of alkyl halides is 1. The summed E-state index contributed by atoms with van der Waals surface area (Å²) in [4.78, 5) is 12.5. The molecule has 2 aliphatic rings. The number of hydrogen-bond acceptors (Lipinski definition) is 5. The van der Waals surface area contributed by atoms with Crippen LogP contribution in [0.15, 0.2) is 24.7 Å². The molecule has 2 aliphatic heterocycles. The maximum Gasteiger partial charge on any atom is 0.250 e. The minimum absolute atomic E-state index is 0.0770. The van der Waals surface area contributed by atoms with E-state index < -0.39 is 24.1 Å². The van der Waals surface area contributed by atoms with Crippen molar-refractivity contribution in [2.24, 2.45) is 0 Å². The molecule has 0 aliphatic carbocycles. The van der Waals surface area contributed by atoms with E-state index >= 15 is 0 Å². The van der Waals surface area contributed by atoms with Crippen LogP contribution in [-0.4, -0.2) is 53.7 Å². The van der Waals surface area contributed by atoms with Gasteiger partial charge in [0.15, 0.2) is 11.9 Å². The third-order valence-electron chi connectivity index (χ3n) is 3.27. The van der Waals surface area contributed by atoms with Crippen molar-refractivity contribution >= 4 is 5.91 Å². The molecule has 2 heterocycles. The first-order valence-electron chi connectivity index (χ1n) is 5.85. The Bertz CT molecular complexity index is 424. The number of nitrogens with one attached hydrogen (secondary N) is 1. The summed E-state index contributed by atoms with van der Waals surface area (Å²) in [6.07, 6.45) is -0.553. The van der Waals surface area contributed by atoms with Crippen molar-refractivity contribution in [3.63, 3.8) is 0 Å². The molecule has 0 aromatic heterocycles. The van der Waals surface area contributed by atoms with Gasteiger partial charge in [0.2, 0.25) is 0 Å². The van der Waals surface area contributed by atoms with Crippen molar-refractivity contribution in [2.75, 3.05) is 13.7 Å². The number of hydrogen-bond donors (Lipinski definition) is 2. The van der Waals surface area contributed by atoms with E-state index in [9.17, 15) is 14.3 Å². The molecule has 0 spiro atoms. The van der Waals surface area contributed by atoms with Crippen molar-refractivity contribution in [1.82, 2.24) is 10.2 Å². The number of halogens is 1. The summed E-state index contributed by atoms with van der Waals surface area (Å²) in [7, 11) is 1.44. The van der Waals surface area contributed by atoms with Crippen LogP contribution in [0, 0.1) is 0 Å². The van der Waals surface area contributed by atoms with Gasteiger partial charge in [0.05, 0.1) is 6.61 Å². The molecule has 2 N–H and O–H groups in total. The lowest BCUT2D eigenvalue weighted by Crippen LogP contribution is -2.51. The fourth-order valence-corrected chi connectivity index (χ4v) is 2.22. The van der Waals surface area contributed by atoms with Crippen LogP contribution < -0.4 is 5.32 Å². The van der Waals surface area contributed by atoms with Gasteiger partial charge >= 0.3 is 0 Å². The number of ether oxygens (including phenoxy) is 2. The van der Waals surface area contributed by atoms with Gasteiger partial charge in [0.25, 0.3) is 5.91 Å². The van der Waals surface area contributed by atoms with E-state index in [0.29, 0.717) is 0 Å². The lowest BCUT2D eigenvalue weighted by Gasteiger charge is -2.35. The van der Waals surface area contributed by atoms with Crippen molar-refractivity contribution < 1.29 is 23.8 Å². The van der Waals surface area contributed by atoms with Crippen molar-refractivity contribution in [1.29, 1.82) is 0 Å². The topological polar surface area (TPSA) is 71.0 Å². The summed E-state index contributed by atoms with van der Waals surface area (Å²) >= 11 is 0. The predicted octanol–water partition coefficient (Wildman–Crippen LogP) is -0.137. The highest BCUT2D eigenvalue weighted by Gasteiger charge is 2.56. The Kier molecular flexibility index (Phi) is 3.62. The molecule has 1 amide bonds. The van der Waals surface area contributed by atoms with Gasteiger partial charge in [-0.05, 0) is 6.92 Å². The largest absolute Gasteiger partial charge is 0.387 e. The van der Waals surface area contributed by atoms with Gasteiger partial charge < -0.3 is 24.8 Å². The number of amides is 1. The Labute approximate surface area is 110 Å². The summed E-state index contributed by atoms with van der Waals surface area (Å²) in [6, 6.07) is 0. The average molecular weight is 272 g/mol. The Hall–Kier alpha value is -1.44. The molecule has 7 heteroatoms. The first-order valence-corrected chi connectivity index (χ1v) is 5.85. The van der Waals surface area contributed by atoms with E-state index in [1.807, 2.05) is 0 Å². The van der Waals surface area contributed by atoms with Gasteiger partial charge in [-0.1, -0.05) is 6.58 Å². The maximum absolute atomic E-state index is 14.6. The van der Waals surface area contributed by atoms with Crippen molar-refractivity contribution in [3.05, 3.63) is 24.7 Å². The lowest BCUT2D eigenvalue weighted by atomic mass is 9.98. The predicted molar refractivity (Wildman–Crippen MR) is 64.3 cm³/mol. The Morgan fingerprint density at radius 1 is 1.74 bits per heavy atom. The first-order chi connectivity index (χ1) is 8.87. The Morgan fingerprint density at radius 2 is 2.42 bits per heavy atom. The van der Waals surface area contributed by atoms with Crippen LogP contribution in [0.25, 0.3) is 0 Å². The van der Waals surface area contributed by atoms with E-state index in [-0.39, 0.29) is 18.3 Å². The monoisotopic (exact) mass is 272 g/mol. The fourth-order valence-electron chi connectivity index (χ4n) is 2.22. The normalized spacial score (nSPS) is 38.7. The van der Waals surface area contributed by atoms with E-state index in [2.05, 4.69) is 11.9 Å². The smallest absolute Gasteiger partial charge is 0.250 e. The second kappa shape index (κ2) is 4.92. The van der Waals surface area contributed by atoms with Crippen LogP contribution in [0.1, 0.15) is 6.92 Å². The van der Waals surface area contributed by atoms with E-state index in [4.69, 9.17) is 9.47 Å². The molecule has 0 aromatic rings. The number of carbonyl (C=O) groups excluding carboxylic acids is 1. The maximum atomic E-state index is 14.6. The molecule has 19 heavy (non-hydrogen) atoms. The number of nitrogens with zero attached hydrogens (tertiary/aromatic N) is 1. The summed E-state index contributed by atoms with van der Waals surface area (Å²) < 4.78 is 25.0. The van der Waals surface area contributed by atoms with E-state index in [0.717, 1.165) is 0 Å². The highest BCUT2D eigenvalue weighted by molar-refractivity contribution is 5.89. The average Bonchev–Trinajstić information content (AvgIpc) is 2.54. The van der Waals surface area contributed by atoms with Crippen LogP contribution in [0.3, 0.4) is 0 Å². The van der Waals surface area contributed by atoms with Crippen LogP contribution in [0.5, 0.6) is 0 Å². The first kappa shape index (κ1) is 14.0. The molecule has 6 nitrogen and oxygen atoms in total. The minimum Gasteiger partial charge on any atom is -0.387 e. The van der Waals surface area contributed by atoms with Gasteiger partial charge in [0, 0.05) is 19.4 Å². The molecule has 4 atom stereocenters. The molecule has 0 bridgehead atoms. The standard InChI is InChI=1S/C12H17FN2O4/c1-7-14-9(16)4-5-15(7)11-12(2,13)10(17)8(19-11)6-18-3/h4-5,8,10-11,17H,1,6H2,2-3H3,(H,14,16)/t8-,10-,11-,12-/m1/s1. The SMILES string of the molecule is C=C1NC(=O)C=CN1[C@@H]1O[C@H](COC)[C@@H](O)[C@@]1(C)F. The fraction of sp³-hybridized carbons (Fsp3) is 0.583. The zero-order valence-electron chi connectivity index (χ0n) is 10.8. The zero-order chi connectivity index (χ0) is 14.2. The molecule has 1 fully saturated rings. The molecule has 2 rings (SSSR count). The minimum atomic E-state index is -2.02. The van der Waals surface area contributed by atoms with Gasteiger partial charge in [-0.3, -0.25) is 4.79 Å². The van der Waals surface area contributed by atoms with Crippen LogP contribution >= 0.6 is 0 Å². The number of carbonyl (C=O) groups is 1. The quantitative estimate of drug-likeness (QED) is 0.748. The summed E-state index contributed by atoms with van der Waals surface area (Å²) in [5.74, 6) is -0.138. The summed E-state index contributed by atoms with van der Waals surface area (Å²) in [6.45, 7) is 4.96. The molecule has 0 radical (unpaired) electrons. The number of aliphatic hydroxyl groups is 1. The molecule has 0 unspecified atom stereocenters. The van der Waals surface area contributed by atoms with E-state index in [1.54, 1.807) is 0 Å². The third-order valence-corrected chi connectivity index (χ3v) is 3.27. The van der Waals surface area contributed by atoms with Crippen molar-refractivity contribution in [2.45, 2.75) is 31.0 Å². The van der Waals surface area contributed by atoms with Crippen LogP contribution in [0.4, 0.5) is 4.39 Å². The van der Waals surface area contributed by atoms with E-state index in [1.165, 1.54) is 31.2 Å². The van der Waals surface area contributed by atoms with Gasteiger partial charge in [-0.15, -0.1) is 0 Å². The molecule has 1 saturated heterocycles. The number of rotatable bonds is 3. The number of aliphatic hydroxyl groups excluding tert-OH is 1. The highest BCUT2D eigenvalue weighted by Crippen LogP contribution is 2.38. The second-order valence-corrected chi connectivity index (χ2v) is 4.74. The molecule has 106 valence electrons. The Morgan fingerprint density at radius 3 is 3.00 bits per heavy atom. The lowest BCUT2D eigenvalue weighted by molar-refractivity contribution is -0.119. The van der Waals surface area contributed by atoms with Crippen molar-refractivity contribution in [3.8, 4) is 0 Å². The third kappa shape index (κ3) is 2.36.